The summed E-state index contributed by atoms with van der Waals surface area (Å²) < 4.78 is 5.29. The zero-order valence-corrected chi connectivity index (χ0v) is 16.1. The van der Waals surface area contributed by atoms with E-state index in [4.69, 9.17) is 4.52 Å². The van der Waals surface area contributed by atoms with Gasteiger partial charge in [-0.15, -0.1) is 0 Å². The monoisotopic (exact) mass is 364 g/mol. The molecule has 0 saturated heterocycles. The van der Waals surface area contributed by atoms with Crippen molar-refractivity contribution in [2.45, 2.75) is 26.7 Å². The van der Waals surface area contributed by atoms with E-state index in [1.165, 1.54) is 0 Å². The first-order valence-corrected chi connectivity index (χ1v) is 9.04. The summed E-state index contributed by atoms with van der Waals surface area (Å²) in [5, 5.41) is 6.87. The highest BCUT2D eigenvalue weighted by Gasteiger charge is 2.12. The fourth-order valence-electron chi connectivity index (χ4n) is 2.54. The molecular formula is C21H24N4O2. The van der Waals surface area contributed by atoms with Crippen LogP contribution in [0.3, 0.4) is 0 Å². The number of hydrogen-bond acceptors (Lipinski definition) is 5. The number of rotatable bonds is 6. The van der Waals surface area contributed by atoms with Crippen molar-refractivity contribution in [2.24, 2.45) is 0 Å². The zero-order valence-electron chi connectivity index (χ0n) is 16.1. The van der Waals surface area contributed by atoms with E-state index in [1.54, 1.807) is 0 Å². The summed E-state index contributed by atoms with van der Waals surface area (Å²) in [6, 6.07) is 14.9. The van der Waals surface area contributed by atoms with Gasteiger partial charge in [0.1, 0.15) is 0 Å². The number of carbonyl (C=O) groups is 1. The van der Waals surface area contributed by atoms with Gasteiger partial charge in [0.2, 0.25) is 0 Å². The third-order valence-electron chi connectivity index (χ3n) is 4.39. The molecule has 27 heavy (non-hydrogen) atoms. The van der Waals surface area contributed by atoms with Crippen molar-refractivity contribution in [3.63, 3.8) is 0 Å². The third-order valence-corrected chi connectivity index (χ3v) is 4.39. The molecule has 3 rings (SSSR count). The number of amides is 1. The minimum Gasteiger partial charge on any atom is -0.375 e. The second kappa shape index (κ2) is 8.03. The maximum atomic E-state index is 12.4. The van der Waals surface area contributed by atoms with Crippen LogP contribution in [0.2, 0.25) is 0 Å². The van der Waals surface area contributed by atoms with Gasteiger partial charge >= 0.3 is 0 Å². The van der Waals surface area contributed by atoms with E-state index in [1.807, 2.05) is 69.4 Å². The van der Waals surface area contributed by atoms with Gasteiger partial charge in [-0.1, -0.05) is 19.0 Å². The number of carbonyl (C=O) groups excluding carboxylic acids is 1. The Morgan fingerprint density at radius 2 is 1.78 bits per heavy atom. The van der Waals surface area contributed by atoms with Crippen LogP contribution < -0.4 is 10.2 Å². The molecule has 0 saturated carbocycles. The molecule has 0 aliphatic carbocycles. The van der Waals surface area contributed by atoms with Gasteiger partial charge in [-0.05, 0) is 55.5 Å². The molecule has 0 spiro atoms. The molecule has 1 heterocycles. The number of anilines is 2. The summed E-state index contributed by atoms with van der Waals surface area (Å²) in [5.74, 6) is 1.23. The second-order valence-corrected chi connectivity index (χ2v) is 6.70. The summed E-state index contributed by atoms with van der Waals surface area (Å²) in [6.07, 6.45) is 0. The molecule has 0 unspecified atom stereocenters. The van der Waals surface area contributed by atoms with Gasteiger partial charge in [0.15, 0.2) is 5.82 Å². The fourth-order valence-corrected chi connectivity index (χ4v) is 2.54. The first-order valence-electron chi connectivity index (χ1n) is 9.04. The molecule has 6 heteroatoms. The van der Waals surface area contributed by atoms with Crippen LogP contribution in [0.15, 0.2) is 53.1 Å². The Bertz CT molecular complexity index is 899. The predicted molar refractivity (Wildman–Crippen MR) is 107 cm³/mol. The Morgan fingerprint density at radius 1 is 1.11 bits per heavy atom. The quantitative estimate of drug-likeness (QED) is 0.694. The molecular weight excluding hydrogens is 340 g/mol. The van der Waals surface area contributed by atoms with E-state index >= 15 is 0 Å². The number of benzene rings is 2. The van der Waals surface area contributed by atoms with Gasteiger partial charge in [-0.2, -0.15) is 4.98 Å². The number of nitrogens with one attached hydrogen (secondary N) is 1. The van der Waals surface area contributed by atoms with E-state index in [9.17, 15) is 4.79 Å². The highest BCUT2D eigenvalue weighted by Crippen LogP contribution is 2.22. The molecule has 0 fully saturated rings. The zero-order chi connectivity index (χ0) is 19.4. The lowest BCUT2D eigenvalue weighted by molar-refractivity contribution is 0.102. The third kappa shape index (κ3) is 4.34. The number of hydrogen-bond donors (Lipinski definition) is 1. The van der Waals surface area contributed by atoms with Crippen LogP contribution in [0.4, 0.5) is 11.4 Å². The second-order valence-electron chi connectivity index (χ2n) is 6.70. The van der Waals surface area contributed by atoms with Crippen LogP contribution in [0.5, 0.6) is 0 Å². The average Bonchev–Trinajstić information content (AvgIpc) is 3.18. The Hall–Kier alpha value is -3.15. The molecule has 1 aromatic heterocycles. The average molecular weight is 364 g/mol. The molecule has 3 aromatic rings. The summed E-state index contributed by atoms with van der Waals surface area (Å²) in [6.45, 7) is 7.03. The summed E-state index contributed by atoms with van der Waals surface area (Å²) in [5.41, 5.74) is 3.23. The van der Waals surface area contributed by atoms with Crippen molar-refractivity contribution in [3.8, 4) is 11.5 Å². The number of nitrogens with zero attached hydrogens (tertiary/aromatic N) is 3. The molecule has 1 N–H and O–H groups in total. The fraction of sp³-hybridized carbons (Fsp3) is 0.286. The Balaban J connectivity index is 1.67. The molecule has 6 nitrogen and oxygen atoms in total. The summed E-state index contributed by atoms with van der Waals surface area (Å²) in [4.78, 5) is 18.9. The molecule has 1 amide bonds. The molecule has 0 aliphatic heterocycles. The van der Waals surface area contributed by atoms with Crippen molar-refractivity contribution in [1.82, 2.24) is 10.1 Å². The van der Waals surface area contributed by atoms with Gasteiger partial charge in [0.25, 0.3) is 11.8 Å². The lowest BCUT2D eigenvalue weighted by atomic mass is 10.1. The van der Waals surface area contributed by atoms with Crippen molar-refractivity contribution < 1.29 is 9.32 Å². The number of aromatic nitrogens is 2. The lowest BCUT2D eigenvalue weighted by Gasteiger charge is -2.16. The predicted octanol–water partition coefficient (Wildman–Crippen LogP) is 4.57. The largest absolute Gasteiger partial charge is 0.375 e. The first-order chi connectivity index (χ1) is 13.0. The standard InChI is InChI=1S/C21H24N4O2/c1-5-25(4)18-12-8-15(9-13-18)20(26)22-17-10-6-16(7-11-17)21-23-19(14(2)3)24-27-21/h6-14H,5H2,1-4H3,(H,22,26). The van der Waals surface area contributed by atoms with Crippen molar-refractivity contribution >= 4 is 17.3 Å². The van der Waals surface area contributed by atoms with Crippen LogP contribution in [0, 0.1) is 0 Å². The van der Waals surface area contributed by atoms with Gasteiger partial charge in [0, 0.05) is 42.0 Å². The Labute approximate surface area is 159 Å². The molecule has 2 aromatic carbocycles. The minimum atomic E-state index is -0.145. The summed E-state index contributed by atoms with van der Waals surface area (Å²) >= 11 is 0. The normalized spacial score (nSPS) is 10.9. The maximum absolute atomic E-state index is 12.4. The van der Waals surface area contributed by atoms with E-state index in [2.05, 4.69) is 27.3 Å². The van der Waals surface area contributed by atoms with Crippen LogP contribution in [-0.4, -0.2) is 29.6 Å². The van der Waals surface area contributed by atoms with E-state index in [0.29, 0.717) is 23.0 Å². The topological polar surface area (TPSA) is 71.3 Å². The Kier molecular flexibility index (Phi) is 5.54. The minimum absolute atomic E-state index is 0.145. The summed E-state index contributed by atoms with van der Waals surface area (Å²) in [7, 11) is 2.02. The Morgan fingerprint density at radius 3 is 2.33 bits per heavy atom. The van der Waals surface area contributed by atoms with Crippen molar-refractivity contribution in [1.29, 1.82) is 0 Å². The molecule has 0 aliphatic rings. The van der Waals surface area contributed by atoms with Crippen molar-refractivity contribution in [2.75, 3.05) is 23.8 Å². The van der Waals surface area contributed by atoms with Gasteiger partial charge in [-0.25, -0.2) is 0 Å². The lowest BCUT2D eigenvalue weighted by Crippen LogP contribution is -2.16. The van der Waals surface area contributed by atoms with E-state index < -0.39 is 0 Å². The molecule has 0 bridgehead atoms. The molecule has 0 atom stereocenters. The highest BCUT2D eigenvalue weighted by atomic mass is 16.5. The molecule has 0 radical (unpaired) electrons. The van der Waals surface area contributed by atoms with Gasteiger partial charge in [0.05, 0.1) is 0 Å². The molecule has 140 valence electrons. The maximum Gasteiger partial charge on any atom is 0.257 e. The highest BCUT2D eigenvalue weighted by molar-refractivity contribution is 6.04. The van der Waals surface area contributed by atoms with E-state index in [0.717, 1.165) is 17.8 Å². The van der Waals surface area contributed by atoms with Crippen LogP contribution >= 0.6 is 0 Å². The van der Waals surface area contributed by atoms with Gasteiger partial charge < -0.3 is 14.7 Å². The van der Waals surface area contributed by atoms with Crippen LogP contribution in [0.25, 0.3) is 11.5 Å². The SMILES string of the molecule is CCN(C)c1ccc(C(=O)Nc2ccc(-c3nc(C(C)C)no3)cc2)cc1. The van der Waals surface area contributed by atoms with Crippen molar-refractivity contribution in [3.05, 3.63) is 59.9 Å². The van der Waals surface area contributed by atoms with Crippen LogP contribution in [-0.2, 0) is 0 Å². The van der Waals surface area contributed by atoms with E-state index in [-0.39, 0.29) is 11.8 Å². The smallest absolute Gasteiger partial charge is 0.257 e. The first kappa shape index (κ1) is 18.6. The van der Waals surface area contributed by atoms with Crippen LogP contribution in [0.1, 0.15) is 42.9 Å². The van der Waals surface area contributed by atoms with Gasteiger partial charge in [-0.3, -0.25) is 4.79 Å².